The van der Waals surface area contributed by atoms with Gasteiger partial charge in [0, 0.05) is 32.1 Å². The lowest BCUT2D eigenvalue weighted by Crippen LogP contribution is -2.45. The molecule has 1 amide bonds. The predicted molar refractivity (Wildman–Crippen MR) is 70.2 cm³/mol. The Bertz CT molecular complexity index is 362. The van der Waals surface area contributed by atoms with Gasteiger partial charge in [-0.2, -0.15) is 12.7 Å². The molecule has 6 nitrogen and oxygen atoms in total. The van der Waals surface area contributed by atoms with Gasteiger partial charge in [0.1, 0.15) is 0 Å². The normalized spacial score (nSPS) is 17.9. The molecule has 18 heavy (non-hydrogen) atoms. The maximum atomic E-state index is 11.9. The van der Waals surface area contributed by atoms with E-state index >= 15 is 0 Å². The highest BCUT2D eigenvalue weighted by atomic mass is 32.2. The Morgan fingerprint density at radius 1 is 1.17 bits per heavy atom. The van der Waals surface area contributed by atoms with E-state index in [9.17, 15) is 13.2 Å². The standard InChI is InChI=1S/C11H23N3O3S/c1-10(2)11(15)12-6-7-13-18(16,17)14-8-4-3-5-9-14/h10,13H,3-9H2,1-2H3,(H,12,15). The first-order chi connectivity index (χ1) is 8.43. The van der Waals surface area contributed by atoms with Crippen LogP contribution in [0.1, 0.15) is 33.1 Å². The van der Waals surface area contributed by atoms with Crippen molar-refractivity contribution >= 4 is 16.1 Å². The number of hydrogen-bond donors (Lipinski definition) is 2. The minimum absolute atomic E-state index is 0.0628. The average molecular weight is 277 g/mol. The largest absolute Gasteiger partial charge is 0.355 e. The van der Waals surface area contributed by atoms with Crippen LogP contribution in [0.4, 0.5) is 0 Å². The van der Waals surface area contributed by atoms with Gasteiger partial charge >= 0.3 is 0 Å². The molecule has 0 unspecified atom stereocenters. The molecule has 0 aromatic rings. The van der Waals surface area contributed by atoms with E-state index in [1.807, 2.05) is 0 Å². The Hall–Kier alpha value is -0.660. The van der Waals surface area contributed by atoms with E-state index in [4.69, 9.17) is 0 Å². The fraction of sp³-hybridized carbons (Fsp3) is 0.909. The van der Waals surface area contributed by atoms with Gasteiger partial charge in [-0.1, -0.05) is 20.3 Å². The van der Waals surface area contributed by atoms with Crippen LogP contribution in [-0.4, -0.2) is 44.8 Å². The Balaban J connectivity index is 2.27. The van der Waals surface area contributed by atoms with Crippen molar-refractivity contribution in [1.29, 1.82) is 0 Å². The summed E-state index contributed by atoms with van der Waals surface area (Å²) in [5.41, 5.74) is 0. The van der Waals surface area contributed by atoms with E-state index in [-0.39, 0.29) is 18.4 Å². The van der Waals surface area contributed by atoms with E-state index in [0.717, 1.165) is 19.3 Å². The zero-order valence-electron chi connectivity index (χ0n) is 11.1. The molecule has 0 aliphatic carbocycles. The van der Waals surface area contributed by atoms with Crippen LogP contribution < -0.4 is 10.0 Å². The molecule has 0 bridgehead atoms. The van der Waals surface area contributed by atoms with E-state index in [1.54, 1.807) is 13.8 Å². The Morgan fingerprint density at radius 3 is 2.33 bits per heavy atom. The number of nitrogens with one attached hydrogen (secondary N) is 2. The van der Waals surface area contributed by atoms with Crippen molar-refractivity contribution in [2.24, 2.45) is 5.92 Å². The van der Waals surface area contributed by atoms with Crippen LogP contribution in [-0.2, 0) is 15.0 Å². The number of hydrogen-bond acceptors (Lipinski definition) is 3. The highest BCUT2D eigenvalue weighted by molar-refractivity contribution is 7.87. The first-order valence-electron chi connectivity index (χ1n) is 6.46. The fourth-order valence-electron chi connectivity index (χ4n) is 1.77. The van der Waals surface area contributed by atoms with Crippen molar-refractivity contribution in [2.45, 2.75) is 33.1 Å². The molecule has 1 fully saturated rings. The van der Waals surface area contributed by atoms with Gasteiger partial charge < -0.3 is 5.32 Å². The van der Waals surface area contributed by atoms with Crippen LogP contribution in [0, 0.1) is 5.92 Å². The summed E-state index contributed by atoms with van der Waals surface area (Å²) in [7, 11) is -3.37. The van der Waals surface area contributed by atoms with E-state index in [1.165, 1.54) is 4.31 Å². The number of carbonyl (C=O) groups excluding carboxylic acids is 1. The smallest absolute Gasteiger partial charge is 0.279 e. The molecule has 1 aliphatic rings. The van der Waals surface area contributed by atoms with Gasteiger partial charge in [0.25, 0.3) is 10.2 Å². The van der Waals surface area contributed by atoms with Crippen molar-refractivity contribution in [2.75, 3.05) is 26.2 Å². The SMILES string of the molecule is CC(C)C(=O)NCCNS(=O)(=O)N1CCCCC1. The van der Waals surface area contributed by atoms with Gasteiger partial charge in [0.05, 0.1) is 0 Å². The third-order valence-corrected chi connectivity index (χ3v) is 4.50. The van der Waals surface area contributed by atoms with Gasteiger partial charge in [-0.05, 0) is 12.8 Å². The predicted octanol–water partition coefficient (Wildman–Crippen LogP) is 0.0789. The van der Waals surface area contributed by atoms with Crippen LogP contribution >= 0.6 is 0 Å². The first kappa shape index (κ1) is 15.4. The summed E-state index contributed by atoms with van der Waals surface area (Å²) >= 11 is 0. The molecule has 2 N–H and O–H groups in total. The van der Waals surface area contributed by atoms with Gasteiger partial charge in [-0.15, -0.1) is 0 Å². The van der Waals surface area contributed by atoms with E-state index in [2.05, 4.69) is 10.0 Å². The van der Waals surface area contributed by atoms with Crippen molar-refractivity contribution in [3.8, 4) is 0 Å². The van der Waals surface area contributed by atoms with Gasteiger partial charge in [0.2, 0.25) is 5.91 Å². The lowest BCUT2D eigenvalue weighted by atomic mass is 10.2. The fourth-order valence-corrected chi connectivity index (χ4v) is 3.05. The maximum absolute atomic E-state index is 11.9. The molecular formula is C11H23N3O3S. The molecule has 106 valence electrons. The summed E-state index contributed by atoms with van der Waals surface area (Å²) < 4.78 is 27.7. The average Bonchev–Trinajstić information content (AvgIpc) is 2.35. The second kappa shape index (κ2) is 7.06. The molecule has 1 saturated heterocycles. The van der Waals surface area contributed by atoms with Crippen molar-refractivity contribution in [1.82, 2.24) is 14.3 Å². The molecule has 0 aromatic carbocycles. The summed E-state index contributed by atoms with van der Waals surface area (Å²) in [5, 5.41) is 2.67. The number of piperidine rings is 1. The number of amides is 1. The minimum Gasteiger partial charge on any atom is -0.355 e. The lowest BCUT2D eigenvalue weighted by molar-refractivity contribution is -0.123. The van der Waals surface area contributed by atoms with Crippen LogP contribution in [0.25, 0.3) is 0 Å². The number of carbonyl (C=O) groups is 1. The Morgan fingerprint density at radius 2 is 1.78 bits per heavy atom. The summed E-state index contributed by atoms with van der Waals surface area (Å²) in [6.07, 6.45) is 2.94. The zero-order valence-corrected chi connectivity index (χ0v) is 11.9. The van der Waals surface area contributed by atoms with Crippen LogP contribution in [0.2, 0.25) is 0 Å². The zero-order chi connectivity index (χ0) is 13.6. The number of rotatable bonds is 6. The topological polar surface area (TPSA) is 78.5 Å². The summed E-state index contributed by atoms with van der Waals surface area (Å²) in [4.78, 5) is 11.3. The lowest BCUT2D eigenvalue weighted by Gasteiger charge is -2.25. The van der Waals surface area contributed by atoms with Gasteiger partial charge in [-0.25, -0.2) is 4.72 Å². The van der Waals surface area contributed by atoms with Crippen molar-refractivity contribution < 1.29 is 13.2 Å². The summed E-state index contributed by atoms with van der Waals surface area (Å²) in [6.45, 7) is 5.34. The molecule has 0 saturated carbocycles. The molecule has 1 rings (SSSR count). The van der Waals surface area contributed by atoms with Gasteiger partial charge in [0.15, 0.2) is 0 Å². The van der Waals surface area contributed by atoms with Crippen LogP contribution in [0.3, 0.4) is 0 Å². The first-order valence-corrected chi connectivity index (χ1v) is 7.90. The van der Waals surface area contributed by atoms with Crippen LogP contribution in [0.5, 0.6) is 0 Å². The summed E-state index contributed by atoms with van der Waals surface area (Å²) in [6, 6.07) is 0. The van der Waals surface area contributed by atoms with E-state index < -0.39 is 10.2 Å². The van der Waals surface area contributed by atoms with Crippen molar-refractivity contribution in [3.05, 3.63) is 0 Å². The van der Waals surface area contributed by atoms with Gasteiger partial charge in [-0.3, -0.25) is 4.79 Å². The Labute approximate surface area is 109 Å². The van der Waals surface area contributed by atoms with E-state index in [0.29, 0.717) is 19.6 Å². The third kappa shape index (κ3) is 4.91. The highest BCUT2D eigenvalue weighted by Gasteiger charge is 2.22. The summed E-state index contributed by atoms with van der Waals surface area (Å²) in [5.74, 6) is -0.143. The second-order valence-electron chi connectivity index (χ2n) is 4.80. The third-order valence-electron chi connectivity index (χ3n) is 2.89. The monoisotopic (exact) mass is 277 g/mol. The molecule has 0 aromatic heterocycles. The molecular weight excluding hydrogens is 254 g/mol. The van der Waals surface area contributed by atoms with Crippen molar-refractivity contribution in [3.63, 3.8) is 0 Å². The molecule has 7 heteroatoms. The minimum atomic E-state index is -3.37. The molecule has 1 heterocycles. The molecule has 0 spiro atoms. The maximum Gasteiger partial charge on any atom is 0.279 e. The number of nitrogens with zero attached hydrogens (tertiary/aromatic N) is 1. The molecule has 0 radical (unpaired) electrons. The molecule has 1 aliphatic heterocycles. The highest BCUT2D eigenvalue weighted by Crippen LogP contribution is 2.11. The quantitative estimate of drug-likeness (QED) is 0.675. The second-order valence-corrected chi connectivity index (χ2v) is 6.56. The van der Waals surface area contributed by atoms with Crippen LogP contribution in [0.15, 0.2) is 0 Å². The Kier molecular flexibility index (Phi) is 6.04. The molecule has 0 atom stereocenters.